The van der Waals surface area contributed by atoms with E-state index in [9.17, 15) is 9.59 Å². The fourth-order valence-electron chi connectivity index (χ4n) is 1.68. The van der Waals surface area contributed by atoms with Gasteiger partial charge in [0.15, 0.2) is 0 Å². The summed E-state index contributed by atoms with van der Waals surface area (Å²) in [5, 5.41) is 14.7. The van der Waals surface area contributed by atoms with Crippen molar-refractivity contribution >= 4 is 45.0 Å². The van der Waals surface area contributed by atoms with Crippen LogP contribution in [0.15, 0.2) is 41.0 Å². The maximum Gasteiger partial charge on any atom is 0.339 e. The number of amides is 1. The molecule has 108 valence electrons. The summed E-state index contributed by atoms with van der Waals surface area (Å²) in [7, 11) is 0. The first-order valence-corrected chi connectivity index (χ1v) is 6.78. The van der Waals surface area contributed by atoms with Gasteiger partial charge in [0.25, 0.3) is 0 Å². The van der Waals surface area contributed by atoms with Crippen molar-refractivity contribution in [2.75, 3.05) is 10.6 Å². The van der Waals surface area contributed by atoms with E-state index in [0.29, 0.717) is 15.8 Å². The van der Waals surface area contributed by atoms with Crippen LogP contribution in [0.1, 0.15) is 17.3 Å². The lowest BCUT2D eigenvalue weighted by Gasteiger charge is -2.09. The molecule has 6 nitrogen and oxygen atoms in total. The van der Waals surface area contributed by atoms with Crippen LogP contribution in [0.25, 0.3) is 0 Å². The van der Waals surface area contributed by atoms with Crippen molar-refractivity contribution < 1.29 is 14.7 Å². The summed E-state index contributed by atoms with van der Waals surface area (Å²) in [6, 6.07) is 8.34. The number of anilines is 3. The lowest BCUT2D eigenvalue weighted by Crippen LogP contribution is -2.06. The number of rotatable bonds is 4. The molecule has 1 aromatic carbocycles. The number of hydrogen-bond donors (Lipinski definition) is 3. The van der Waals surface area contributed by atoms with E-state index in [0.717, 1.165) is 0 Å². The van der Waals surface area contributed by atoms with E-state index in [1.54, 1.807) is 24.3 Å². The first-order valence-electron chi connectivity index (χ1n) is 5.99. The summed E-state index contributed by atoms with van der Waals surface area (Å²) in [5.41, 5.74) is 1.40. The molecule has 0 atom stereocenters. The van der Waals surface area contributed by atoms with Crippen LogP contribution in [0.2, 0.25) is 0 Å². The molecule has 1 amide bonds. The Morgan fingerprint density at radius 2 is 1.81 bits per heavy atom. The molecule has 0 fully saturated rings. The van der Waals surface area contributed by atoms with E-state index in [2.05, 4.69) is 31.5 Å². The summed E-state index contributed by atoms with van der Waals surface area (Å²) in [5.74, 6) is -0.974. The molecule has 0 unspecified atom stereocenters. The molecule has 0 saturated heterocycles. The zero-order valence-corrected chi connectivity index (χ0v) is 12.6. The van der Waals surface area contributed by atoms with Crippen molar-refractivity contribution in [3.05, 3.63) is 46.6 Å². The molecule has 3 N–H and O–H groups in total. The predicted octanol–water partition coefficient (Wildman–Crippen LogP) is 3.24. The highest BCUT2D eigenvalue weighted by molar-refractivity contribution is 9.10. The summed E-state index contributed by atoms with van der Waals surface area (Å²) >= 11 is 3.19. The average Bonchev–Trinajstić information content (AvgIpc) is 2.42. The van der Waals surface area contributed by atoms with Crippen LogP contribution >= 0.6 is 15.9 Å². The third-order valence-corrected chi connectivity index (χ3v) is 2.99. The molecule has 2 aromatic rings. The second-order valence-electron chi connectivity index (χ2n) is 4.24. The van der Waals surface area contributed by atoms with Crippen molar-refractivity contribution in [2.24, 2.45) is 0 Å². The predicted molar refractivity (Wildman–Crippen MR) is 82.9 cm³/mol. The Hall–Kier alpha value is -2.41. The number of carboxylic acids is 1. The van der Waals surface area contributed by atoms with Crippen LogP contribution in [-0.2, 0) is 4.79 Å². The largest absolute Gasteiger partial charge is 0.478 e. The van der Waals surface area contributed by atoms with Gasteiger partial charge in [-0.2, -0.15) is 0 Å². The minimum Gasteiger partial charge on any atom is -0.478 e. The second-order valence-corrected chi connectivity index (χ2v) is 5.15. The molecule has 0 aliphatic carbocycles. The van der Waals surface area contributed by atoms with Crippen LogP contribution in [0, 0.1) is 0 Å². The number of benzene rings is 1. The Morgan fingerprint density at radius 3 is 2.38 bits per heavy atom. The monoisotopic (exact) mass is 349 g/mol. The number of aromatic nitrogens is 1. The molecule has 0 bridgehead atoms. The van der Waals surface area contributed by atoms with Gasteiger partial charge in [-0.1, -0.05) is 0 Å². The van der Waals surface area contributed by atoms with Crippen LogP contribution in [0.5, 0.6) is 0 Å². The van der Waals surface area contributed by atoms with E-state index >= 15 is 0 Å². The van der Waals surface area contributed by atoms with E-state index in [-0.39, 0.29) is 17.3 Å². The Kier molecular flexibility index (Phi) is 4.54. The topological polar surface area (TPSA) is 91.3 Å². The maximum absolute atomic E-state index is 11.2. The van der Waals surface area contributed by atoms with Gasteiger partial charge in [-0.3, -0.25) is 4.79 Å². The van der Waals surface area contributed by atoms with Gasteiger partial charge in [0, 0.05) is 29.0 Å². The summed E-state index contributed by atoms with van der Waals surface area (Å²) in [6.07, 6.45) is 1.51. The number of pyridine rings is 1. The van der Waals surface area contributed by atoms with Gasteiger partial charge in [0.05, 0.1) is 0 Å². The highest BCUT2D eigenvalue weighted by atomic mass is 79.9. The van der Waals surface area contributed by atoms with Gasteiger partial charge in [-0.05, 0) is 46.3 Å². The lowest BCUT2D eigenvalue weighted by molar-refractivity contribution is -0.114. The summed E-state index contributed by atoms with van der Waals surface area (Å²) in [4.78, 5) is 26.2. The Bertz CT molecular complexity index is 686. The van der Waals surface area contributed by atoms with Crippen molar-refractivity contribution in [1.82, 2.24) is 4.98 Å². The first kappa shape index (κ1) is 15.0. The fourth-order valence-corrected chi connectivity index (χ4v) is 2.01. The second kappa shape index (κ2) is 6.36. The first-order chi connectivity index (χ1) is 9.95. The Morgan fingerprint density at radius 1 is 1.19 bits per heavy atom. The number of carbonyl (C=O) groups is 2. The standard InChI is InChI=1S/C14H12BrN3O3/c1-8(19)17-10-2-4-11(5-3-10)18-13-12(14(20)21)6-9(15)7-16-13/h2-7H,1H3,(H,16,18)(H,17,19)(H,20,21). The van der Waals surface area contributed by atoms with Gasteiger partial charge in [-0.25, -0.2) is 9.78 Å². The minimum atomic E-state index is -1.07. The third-order valence-electron chi connectivity index (χ3n) is 2.55. The molecule has 0 radical (unpaired) electrons. The highest BCUT2D eigenvalue weighted by Crippen LogP contribution is 2.23. The van der Waals surface area contributed by atoms with Crippen molar-refractivity contribution in [3.8, 4) is 0 Å². The number of halogens is 1. The molecule has 0 saturated carbocycles. The van der Waals surface area contributed by atoms with E-state index in [4.69, 9.17) is 5.11 Å². The molecule has 1 aromatic heterocycles. The number of carboxylic acid groups (broad SMARTS) is 1. The summed E-state index contributed by atoms with van der Waals surface area (Å²) < 4.78 is 0.589. The number of aromatic carboxylic acids is 1. The van der Waals surface area contributed by atoms with Gasteiger partial charge in [0.2, 0.25) is 5.91 Å². The number of nitrogens with one attached hydrogen (secondary N) is 2. The van der Waals surface area contributed by atoms with Crippen molar-refractivity contribution in [2.45, 2.75) is 6.92 Å². The minimum absolute atomic E-state index is 0.0651. The number of nitrogens with zero attached hydrogens (tertiary/aromatic N) is 1. The van der Waals surface area contributed by atoms with Gasteiger partial charge in [-0.15, -0.1) is 0 Å². The fraction of sp³-hybridized carbons (Fsp3) is 0.0714. The number of carbonyl (C=O) groups excluding carboxylic acids is 1. The molecule has 0 spiro atoms. The van der Waals surface area contributed by atoms with E-state index < -0.39 is 5.97 Å². The Labute approximate surface area is 129 Å². The van der Waals surface area contributed by atoms with Gasteiger partial charge < -0.3 is 15.7 Å². The molecule has 2 rings (SSSR count). The maximum atomic E-state index is 11.2. The van der Waals surface area contributed by atoms with Crippen molar-refractivity contribution in [3.63, 3.8) is 0 Å². The molecular formula is C14H12BrN3O3. The zero-order valence-electron chi connectivity index (χ0n) is 11.1. The normalized spacial score (nSPS) is 10.0. The lowest BCUT2D eigenvalue weighted by atomic mass is 10.2. The van der Waals surface area contributed by atoms with Crippen LogP contribution < -0.4 is 10.6 Å². The van der Waals surface area contributed by atoms with Gasteiger partial charge >= 0.3 is 5.97 Å². The molecule has 0 aliphatic rings. The molecule has 0 aliphatic heterocycles. The van der Waals surface area contributed by atoms with Crippen molar-refractivity contribution in [1.29, 1.82) is 0 Å². The van der Waals surface area contributed by atoms with Crippen LogP contribution in [0.3, 0.4) is 0 Å². The third kappa shape index (κ3) is 4.03. The quantitative estimate of drug-likeness (QED) is 0.787. The van der Waals surface area contributed by atoms with Gasteiger partial charge in [0.1, 0.15) is 11.4 Å². The highest BCUT2D eigenvalue weighted by Gasteiger charge is 2.12. The number of hydrogen-bond acceptors (Lipinski definition) is 4. The molecule has 21 heavy (non-hydrogen) atoms. The van der Waals surface area contributed by atoms with E-state index in [1.165, 1.54) is 19.2 Å². The Balaban J connectivity index is 2.22. The molecular weight excluding hydrogens is 338 g/mol. The van der Waals surface area contributed by atoms with Crippen LogP contribution in [0.4, 0.5) is 17.2 Å². The zero-order chi connectivity index (χ0) is 15.4. The SMILES string of the molecule is CC(=O)Nc1ccc(Nc2ncc(Br)cc2C(=O)O)cc1. The summed E-state index contributed by atoms with van der Waals surface area (Å²) in [6.45, 7) is 1.43. The van der Waals surface area contributed by atoms with E-state index in [1.807, 2.05) is 0 Å². The smallest absolute Gasteiger partial charge is 0.339 e. The molecule has 7 heteroatoms. The molecule has 1 heterocycles. The average molecular weight is 350 g/mol. The van der Waals surface area contributed by atoms with Crippen LogP contribution in [-0.4, -0.2) is 22.0 Å².